The Kier molecular flexibility index (Phi) is 6.66. The topological polar surface area (TPSA) is 83.6 Å². The van der Waals surface area contributed by atoms with Crippen molar-refractivity contribution in [1.29, 1.82) is 0 Å². The van der Waals surface area contributed by atoms with Crippen LogP contribution in [0.1, 0.15) is 25.3 Å². The van der Waals surface area contributed by atoms with Crippen LogP contribution in [0.3, 0.4) is 0 Å². The molecular weight excluding hydrogens is 315 g/mol. The highest BCUT2D eigenvalue weighted by atomic mass is 32.2. The average molecular weight is 334 g/mol. The molecule has 3 N–H and O–H groups in total. The lowest BCUT2D eigenvalue weighted by atomic mass is 10.2. The Labute approximate surface area is 129 Å². The Balaban J connectivity index is 3.21. The summed E-state index contributed by atoms with van der Waals surface area (Å²) in [6.45, 7) is 1.93. The van der Waals surface area contributed by atoms with Gasteiger partial charge in [-0.25, -0.2) is 12.8 Å². The fraction of sp³-hybridized carbons (Fsp3) is 0.462. The monoisotopic (exact) mass is 334 g/mol. The van der Waals surface area contributed by atoms with Crippen molar-refractivity contribution in [1.82, 2.24) is 4.31 Å². The van der Waals surface area contributed by atoms with Gasteiger partial charge in [-0.3, -0.25) is 0 Å². The number of thiocarbonyl (C=S) groups is 1. The standard InChI is InChI=1S/C13H19FN2O3S2/c1-2-3-6-16(7-8-17)21(18,19)10-4-5-12(14)11(9-10)13(15)20/h4-5,9,17H,2-3,6-8H2,1H3,(H2,15,20). The van der Waals surface area contributed by atoms with Gasteiger partial charge in [0.15, 0.2) is 0 Å². The summed E-state index contributed by atoms with van der Waals surface area (Å²) in [5, 5.41) is 9.03. The van der Waals surface area contributed by atoms with Gasteiger partial charge in [-0.15, -0.1) is 0 Å². The molecule has 0 amide bonds. The van der Waals surface area contributed by atoms with Crippen LogP contribution < -0.4 is 5.73 Å². The molecule has 0 unspecified atom stereocenters. The minimum Gasteiger partial charge on any atom is -0.395 e. The summed E-state index contributed by atoms with van der Waals surface area (Å²) in [6.07, 6.45) is 1.49. The van der Waals surface area contributed by atoms with E-state index >= 15 is 0 Å². The maximum absolute atomic E-state index is 13.5. The molecule has 5 nitrogen and oxygen atoms in total. The maximum atomic E-state index is 13.5. The molecule has 0 saturated carbocycles. The highest BCUT2D eigenvalue weighted by molar-refractivity contribution is 7.89. The second kappa shape index (κ2) is 7.79. The number of hydrogen-bond acceptors (Lipinski definition) is 4. The molecule has 0 atom stereocenters. The third-order valence-electron chi connectivity index (χ3n) is 2.95. The van der Waals surface area contributed by atoms with Crippen molar-refractivity contribution >= 4 is 27.2 Å². The van der Waals surface area contributed by atoms with E-state index in [4.69, 9.17) is 23.1 Å². The number of benzene rings is 1. The predicted octanol–water partition coefficient (Wildman–Crippen LogP) is 1.24. The summed E-state index contributed by atoms with van der Waals surface area (Å²) in [6, 6.07) is 3.32. The smallest absolute Gasteiger partial charge is 0.243 e. The van der Waals surface area contributed by atoms with Crippen LogP contribution in [0.15, 0.2) is 23.1 Å². The fourth-order valence-electron chi connectivity index (χ4n) is 1.80. The first kappa shape index (κ1) is 18.0. The average Bonchev–Trinajstić information content (AvgIpc) is 2.43. The first-order valence-electron chi connectivity index (χ1n) is 6.55. The molecule has 118 valence electrons. The molecule has 0 saturated heterocycles. The molecule has 0 aromatic heterocycles. The summed E-state index contributed by atoms with van der Waals surface area (Å²) in [5.41, 5.74) is 5.28. The summed E-state index contributed by atoms with van der Waals surface area (Å²) in [5.74, 6) is -0.663. The highest BCUT2D eigenvalue weighted by Crippen LogP contribution is 2.19. The lowest BCUT2D eigenvalue weighted by Gasteiger charge is -2.21. The summed E-state index contributed by atoms with van der Waals surface area (Å²) >= 11 is 4.71. The van der Waals surface area contributed by atoms with Gasteiger partial charge in [-0.2, -0.15) is 4.31 Å². The molecule has 0 fully saturated rings. The summed E-state index contributed by atoms with van der Waals surface area (Å²) in [4.78, 5) is -0.289. The predicted molar refractivity (Wildman–Crippen MR) is 83.0 cm³/mol. The van der Waals surface area contributed by atoms with Gasteiger partial charge in [0.25, 0.3) is 0 Å². The van der Waals surface area contributed by atoms with E-state index in [2.05, 4.69) is 0 Å². The van der Waals surface area contributed by atoms with Gasteiger partial charge in [0.1, 0.15) is 10.8 Å². The molecule has 0 bridgehead atoms. The number of rotatable bonds is 8. The van der Waals surface area contributed by atoms with E-state index in [1.54, 1.807) is 0 Å². The largest absolute Gasteiger partial charge is 0.395 e. The van der Waals surface area contributed by atoms with Gasteiger partial charge in [-0.1, -0.05) is 25.6 Å². The number of sulfonamides is 1. The van der Waals surface area contributed by atoms with Crippen LogP contribution in [0.5, 0.6) is 0 Å². The minimum atomic E-state index is -3.82. The first-order valence-corrected chi connectivity index (χ1v) is 8.39. The quantitative estimate of drug-likeness (QED) is 0.699. The zero-order chi connectivity index (χ0) is 16.0. The molecule has 8 heteroatoms. The molecule has 0 aliphatic rings. The molecule has 1 aromatic rings. The van der Waals surface area contributed by atoms with Crippen LogP contribution in [0, 0.1) is 5.82 Å². The number of halogens is 1. The number of nitrogens with zero attached hydrogens (tertiary/aromatic N) is 1. The van der Waals surface area contributed by atoms with Gasteiger partial charge < -0.3 is 10.8 Å². The zero-order valence-electron chi connectivity index (χ0n) is 11.8. The van der Waals surface area contributed by atoms with Crippen molar-refractivity contribution in [3.05, 3.63) is 29.6 Å². The SMILES string of the molecule is CCCCN(CCO)S(=O)(=O)c1ccc(F)c(C(N)=S)c1. The first-order chi connectivity index (χ1) is 9.84. The van der Waals surface area contributed by atoms with E-state index in [-0.39, 0.29) is 28.6 Å². The van der Waals surface area contributed by atoms with Crippen molar-refractivity contribution in [2.75, 3.05) is 19.7 Å². The lowest BCUT2D eigenvalue weighted by molar-refractivity contribution is 0.252. The van der Waals surface area contributed by atoms with Crippen LogP contribution in [0.25, 0.3) is 0 Å². The van der Waals surface area contributed by atoms with Crippen molar-refractivity contribution in [2.24, 2.45) is 5.73 Å². The van der Waals surface area contributed by atoms with Gasteiger partial charge in [0.2, 0.25) is 10.0 Å². The summed E-state index contributed by atoms with van der Waals surface area (Å²) in [7, 11) is -3.82. The molecule has 0 aliphatic carbocycles. The van der Waals surface area contributed by atoms with Crippen LogP contribution in [-0.4, -0.2) is 42.5 Å². The second-order valence-electron chi connectivity index (χ2n) is 4.49. The van der Waals surface area contributed by atoms with Crippen LogP contribution in [-0.2, 0) is 10.0 Å². The lowest BCUT2D eigenvalue weighted by Crippen LogP contribution is -2.34. The summed E-state index contributed by atoms with van der Waals surface area (Å²) < 4.78 is 39.8. The van der Waals surface area contributed by atoms with E-state index in [0.29, 0.717) is 13.0 Å². The van der Waals surface area contributed by atoms with Crippen LogP contribution in [0.2, 0.25) is 0 Å². The van der Waals surface area contributed by atoms with E-state index in [1.165, 1.54) is 10.4 Å². The number of hydrogen-bond donors (Lipinski definition) is 2. The third-order valence-corrected chi connectivity index (χ3v) is 5.07. The van der Waals surface area contributed by atoms with Crippen LogP contribution >= 0.6 is 12.2 Å². The molecular formula is C13H19FN2O3S2. The number of nitrogens with two attached hydrogens (primary N) is 1. The molecule has 1 aromatic carbocycles. The van der Waals surface area contributed by atoms with E-state index in [9.17, 15) is 12.8 Å². The molecule has 1 rings (SSSR count). The number of aliphatic hydroxyl groups excluding tert-OH is 1. The maximum Gasteiger partial charge on any atom is 0.243 e. The number of aliphatic hydroxyl groups is 1. The minimum absolute atomic E-state index is 0.0118. The van der Waals surface area contributed by atoms with Crippen molar-refractivity contribution < 1.29 is 17.9 Å². The molecule has 0 heterocycles. The van der Waals surface area contributed by atoms with E-state index in [1.807, 2.05) is 6.92 Å². The highest BCUT2D eigenvalue weighted by Gasteiger charge is 2.24. The van der Waals surface area contributed by atoms with Gasteiger partial charge in [0.05, 0.1) is 11.5 Å². The Bertz CT molecular complexity index is 605. The van der Waals surface area contributed by atoms with Crippen molar-refractivity contribution in [3.63, 3.8) is 0 Å². The Morgan fingerprint density at radius 1 is 1.43 bits per heavy atom. The van der Waals surface area contributed by atoms with E-state index < -0.39 is 15.8 Å². The molecule has 0 radical (unpaired) electrons. The van der Waals surface area contributed by atoms with E-state index in [0.717, 1.165) is 18.6 Å². The Morgan fingerprint density at radius 3 is 2.62 bits per heavy atom. The molecule has 21 heavy (non-hydrogen) atoms. The normalized spacial score (nSPS) is 11.8. The van der Waals surface area contributed by atoms with Gasteiger partial charge in [-0.05, 0) is 24.6 Å². The zero-order valence-corrected chi connectivity index (χ0v) is 13.4. The fourth-order valence-corrected chi connectivity index (χ4v) is 3.45. The second-order valence-corrected chi connectivity index (χ2v) is 6.86. The third kappa shape index (κ3) is 4.44. The Hall–Kier alpha value is -1.09. The van der Waals surface area contributed by atoms with Crippen molar-refractivity contribution in [2.45, 2.75) is 24.7 Å². The van der Waals surface area contributed by atoms with Gasteiger partial charge >= 0.3 is 0 Å². The Morgan fingerprint density at radius 2 is 2.10 bits per heavy atom. The van der Waals surface area contributed by atoms with Crippen molar-refractivity contribution in [3.8, 4) is 0 Å². The molecule has 0 aliphatic heterocycles. The number of unbranched alkanes of at least 4 members (excludes halogenated alkanes) is 1. The molecule has 0 spiro atoms. The van der Waals surface area contributed by atoms with Gasteiger partial charge in [0, 0.05) is 18.7 Å². The van der Waals surface area contributed by atoms with Crippen LogP contribution in [0.4, 0.5) is 4.39 Å².